The highest BCUT2D eigenvalue weighted by Crippen LogP contribution is 2.41. The van der Waals surface area contributed by atoms with E-state index >= 15 is 0 Å². The second-order valence-corrected chi connectivity index (χ2v) is 6.26. The summed E-state index contributed by atoms with van der Waals surface area (Å²) in [6.45, 7) is 0.221. The predicted octanol–water partition coefficient (Wildman–Crippen LogP) is 2.62. The van der Waals surface area contributed by atoms with Crippen molar-refractivity contribution in [2.45, 2.75) is 6.42 Å². The first-order valence-electron chi connectivity index (χ1n) is 7.54. The van der Waals surface area contributed by atoms with Gasteiger partial charge >= 0.3 is 0 Å². The topological polar surface area (TPSA) is 109 Å². The van der Waals surface area contributed by atoms with Gasteiger partial charge in [-0.3, -0.25) is 0 Å². The Morgan fingerprint density at radius 2 is 1.96 bits per heavy atom. The molecular formula is C17H14BrN5O2. The van der Waals surface area contributed by atoms with Crippen LogP contribution in [0.4, 0.5) is 5.82 Å². The molecule has 0 unspecified atom stereocenters. The molecule has 8 heteroatoms. The van der Waals surface area contributed by atoms with E-state index in [1.54, 1.807) is 0 Å². The van der Waals surface area contributed by atoms with Gasteiger partial charge in [-0.05, 0) is 39.7 Å². The molecule has 3 aromatic rings. The number of aliphatic imine (C=N–C) groups is 1. The van der Waals surface area contributed by atoms with Crippen LogP contribution in [-0.4, -0.2) is 22.7 Å². The molecule has 0 aliphatic carbocycles. The van der Waals surface area contributed by atoms with Gasteiger partial charge < -0.3 is 20.9 Å². The summed E-state index contributed by atoms with van der Waals surface area (Å²) in [6, 6.07) is 11.4. The molecule has 0 bridgehead atoms. The first-order chi connectivity index (χ1) is 12.1. The van der Waals surface area contributed by atoms with Crippen molar-refractivity contribution >= 4 is 38.6 Å². The zero-order valence-corrected chi connectivity index (χ0v) is 14.7. The molecule has 0 atom stereocenters. The average molecular weight is 400 g/mol. The molecule has 1 aliphatic rings. The van der Waals surface area contributed by atoms with Gasteiger partial charge in [-0.15, -0.1) is 0 Å². The molecule has 2 aromatic carbocycles. The molecule has 126 valence electrons. The second kappa shape index (κ2) is 6.21. The van der Waals surface area contributed by atoms with Gasteiger partial charge in [-0.25, -0.2) is 9.97 Å². The predicted molar refractivity (Wildman–Crippen MR) is 98.1 cm³/mol. The fourth-order valence-corrected chi connectivity index (χ4v) is 3.26. The van der Waals surface area contributed by atoms with E-state index in [0.717, 1.165) is 26.7 Å². The SMILES string of the molecule is NC(N)=Nc1nc(Cc2ccc3c(c2Br)OCO3)nc2ccccc12. The highest BCUT2D eigenvalue weighted by Gasteiger charge is 2.20. The van der Waals surface area contributed by atoms with Gasteiger partial charge in [-0.2, -0.15) is 4.99 Å². The molecule has 0 amide bonds. The van der Waals surface area contributed by atoms with Gasteiger partial charge in [0.15, 0.2) is 23.3 Å². The number of hydrogen-bond acceptors (Lipinski definition) is 5. The molecule has 1 aliphatic heterocycles. The van der Waals surface area contributed by atoms with Crippen LogP contribution in [0.3, 0.4) is 0 Å². The van der Waals surface area contributed by atoms with Gasteiger partial charge in [-0.1, -0.05) is 18.2 Å². The fourth-order valence-electron chi connectivity index (χ4n) is 2.68. The van der Waals surface area contributed by atoms with Crippen LogP contribution in [0, 0.1) is 0 Å². The van der Waals surface area contributed by atoms with E-state index in [4.69, 9.17) is 20.9 Å². The maximum atomic E-state index is 5.53. The quantitative estimate of drug-likeness (QED) is 0.517. The standard InChI is InChI=1S/C17H14BrN5O2/c18-14-9(5-6-12-15(14)25-8-24-12)7-13-21-11-4-2-1-3-10(11)16(22-13)23-17(19)20/h1-6H,7-8H2,(H4,19,20,21,22,23). The fraction of sp³-hybridized carbons (Fsp3) is 0.118. The third kappa shape index (κ3) is 2.96. The lowest BCUT2D eigenvalue weighted by atomic mass is 10.1. The van der Waals surface area contributed by atoms with Gasteiger partial charge in [0.25, 0.3) is 0 Å². The van der Waals surface area contributed by atoms with Crippen molar-refractivity contribution in [1.29, 1.82) is 0 Å². The number of nitrogens with two attached hydrogens (primary N) is 2. The monoisotopic (exact) mass is 399 g/mol. The van der Waals surface area contributed by atoms with Gasteiger partial charge in [0.05, 0.1) is 9.99 Å². The number of aromatic nitrogens is 2. The zero-order chi connectivity index (χ0) is 17.4. The molecule has 25 heavy (non-hydrogen) atoms. The number of rotatable bonds is 3. The lowest BCUT2D eigenvalue weighted by Gasteiger charge is -2.09. The van der Waals surface area contributed by atoms with Crippen LogP contribution in [0.15, 0.2) is 45.9 Å². The number of para-hydroxylation sites is 1. The van der Waals surface area contributed by atoms with E-state index < -0.39 is 0 Å². The summed E-state index contributed by atoms with van der Waals surface area (Å²) in [6.07, 6.45) is 0.495. The molecule has 1 aromatic heterocycles. The Labute approximate surface area is 151 Å². The highest BCUT2D eigenvalue weighted by atomic mass is 79.9. The molecule has 0 saturated carbocycles. The molecule has 0 saturated heterocycles. The first kappa shape index (κ1) is 15.6. The van der Waals surface area contributed by atoms with Gasteiger partial charge in [0, 0.05) is 11.8 Å². The molecule has 4 N–H and O–H groups in total. The second-order valence-electron chi connectivity index (χ2n) is 5.47. The van der Waals surface area contributed by atoms with Crippen molar-refractivity contribution in [3.05, 3.63) is 52.3 Å². The van der Waals surface area contributed by atoms with Crippen molar-refractivity contribution in [3.8, 4) is 11.5 Å². The van der Waals surface area contributed by atoms with Gasteiger partial charge in [0.2, 0.25) is 6.79 Å². The Morgan fingerprint density at radius 3 is 2.80 bits per heavy atom. The summed E-state index contributed by atoms with van der Waals surface area (Å²) >= 11 is 3.57. The smallest absolute Gasteiger partial charge is 0.231 e. The van der Waals surface area contributed by atoms with E-state index in [-0.39, 0.29) is 12.8 Å². The highest BCUT2D eigenvalue weighted by molar-refractivity contribution is 9.10. The minimum absolute atomic E-state index is 0.0425. The Morgan fingerprint density at radius 1 is 1.12 bits per heavy atom. The van der Waals surface area contributed by atoms with Crippen molar-refractivity contribution in [2.24, 2.45) is 16.5 Å². The summed E-state index contributed by atoms with van der Waals surface area (Å²) < 4.78 is 11.7. The Hall–Kier alpha value is -2.87. The normalized spacial score (nSPS) is 12.4. The number of benzene rings is 2. The molecular weight excluding hydrogens is 386 g/mol. The minimum atomic E-state index is -0.0425. The van der Waals surface area contributed by atoms with E-state index in [1.165, 1.54) is 0 Å². The summed E-state index contributed by atoms with van der Waals surface area (Å²) in [5.41, 5.74) is 12.8. The van der Waals surface area contributed by atoms with E-state index in [0.29, 0.717) is 23.8 Å². The molecule has 0 radical (unpaired) electrons. The minimum Gasteiger partial charge on any atom is -0.454 e. The lowest BCUT2D eigenvalue weighted by molar-refractivity contribution is 0.173. The van der Waals surface area contributed by atoms with Crippen molar-refractivity contribution in [1.82, 2.24) is 9.97 Å². The average Bonchev–Trinajstić information content (AvgIpc) is 3.06. The maximum absolute atomic E-state index is 5.53. The van der Waals surface area contributed by atoms with Crippen LogP contribution in [0.25, 0.3) is 10.9 Å². The molecule has 7 nitrogen and oxygen atoms in total. The van der Waals surface area contributed by atoms with Crippen LogP contribution in [-0.2, 0) is 6.42 Å². The Balaban J connectivity index is 1.79. The largest absolute Gasteiger partial charge is 0.454 e. The molecule has 0 spiro atoms. The number of hydrogen-bond donors (Lipinski definition) is 2. The van der Waals surface area contributed by atoms with Crippen molar-refractivity contribution < 1.29 is 9.47 Å². The zero-order valence-electron chi connectivity index (χ0n) is 13.1. The van der Waals surface area contributed by atoms with Crippen LogP contribution in [0.5, 0.6) is 11.5 Å². The van der Waals surface area contributed by atoms with Crippen LogP contribution in [0.2, 0.25) is 0 Å². The Kier molecular flexibility index (Phi) is 3.89. The molecule has 4 rings (SSSR count). The summed E-state index contributed by atoms with van der Waals surface area (Å²) in [5.74, 6) is 2.44. The number of nitrogens with zero attached hydrogens (tertiary/aromatic N) is 3. The summed E-state index contributed by atoms with van der Waals surface area (Å²) in [5, 5.41) is 0.796. The number of guanidine groups is 1. The number of ether oxygens (including phenoxy) is 2. The van der Waals surface area contributed by atoms with Gasteiger partial charge in [0.1, 0.15) is 5.82 Å². The number of fused-ring (bicyclic) bond motifs is 2. The van der Waals surface area contributed by atoms with Crippen LogP contribution >= 0.6 is 15.9 Å². The first-order valence-corrected chi connectivity index (χ1v) is 8.33. The maximum Gasteiger partial charge on any atom is 0.231 e. The molecule has 2 heterocycles. The third-order valence-corrected chi connectivity index (χ3v) is 4.64. The lowest BCUT2D eigenvalue weighted by Crippen LogP contribution is -2.22. The summed E-state index contributed by atoms with van der Waals surface area (Å²) in [4.78, 5) is 13.3. The number of halogens is 1. The van der Waals surface area contributed by atoms with Crippen LogP contribution < -0.4 is 20.9 Å². The summed E-state index contributed by atoms with van der Waals surface area (Å²) in [7, 11) is 0. The van der Waals surface area contributed by atoms with E-state index in [2.05, 4.69) is 30.9 Å². The van der Waals surface area contributed by atoms with Crippen molar-refractivity contribution in [3.63, 3.8) is 0 Å². The van der Waals surface area contributed by atoms with E-state index in [1.807, 2.05) is 36.4 Å². The van der Waals surface area contributed by atoms with Crippen LogP contribution in [0.1, 0.15) is 11.4 Å². The third-order valence-electron chi connectivity index (χ3n) is 3.77. The van der Waals surface area contributed by atoms with Crippen molar-refractivity contribution in [2.75, 3.05) is 6.79 Å². The Bertz CT molecular complexity index is 1000. The van der Waals surface area contributed by atoms with E-state index in [9.17, 15) is 0 Å². The molecule has 0 fully saturated rings.